The van der Waals surface area contributed by atoms with Gasteiger partial charge in [0.15, 0.2) is 0 Å². The number of halogens is 2. The van der Waals surface area contributed by atoms with Gasteiger partial charge in [0.05, 0.1) is 6.42 Å². The zero-order valence-corrected chi connectivity index (χ0v) is 13.0. The van der Waals surface area contributed by atoms with E-state index >= 15 is 0 Å². The van der Waals surface area contributed by atoms with Crippen molar-refractivity contribution >= 4 is 39.1 Å². The SMILES string of the molecule is NC(=O)Cc1ccccc1NCc1cc(Cl)ccc1Br. The fourth-order valence-corrected chi connectivity index (χ4v) is 2.49. The lowest BCUT2D eigenvalue weighted by Gasteiger charge is -2.12. The number of nitrogens with two attached hydrogens (primary N) is 1. The van der Waals surface area contributed by atoms with Gasteiger partial charge in [0, 0.05) is 21.7 Å². The molecule has 3 nitrogen and oxygen atoms in total. The van der Waals surface area contributed by atoms with Gasteiger partial charge in [-0.1, -0.05) is 45.7 Å². The van der Waals surface area contributed by atoms with Gasteiger partial charge in [-0.2, -0.15) is 0 Å². The Kier molecular flexibility index (Phi) is 5.04. The first kappa shape index (κ1) is 14.9. The van der Waals surface area contributed by atoms with Crippen molar-refractivity contribution in [2.45, 2.75) is 13.0 Å². The standard InChI is InChI=1S/C15H14BrClN2O/c16-13-6-5-12(17)7-11(13)9-19-14-4-2-1-3-10(14)8-15(18)20/h1-7,19H,8-9H2,(H2,18,20). The second-order valence-corrected chi connectivity index (χ2v) is 5.68. The van der Waals surface area contributed by atoms with Crippen molar-refractivity contribution in [3.8, 4) is 0 Å². The van der Waals surface area contributed by atoms with E-state index in [1.807, 2.05) is 42.5 Å². The van der Waals surface area contributed by atoms with Gasteiger partial charge in [-0.3, -0.25) is 4.79 Å². The molecule has 0 atom stereocenters. The van der Waals surface area contributed by atoms with E-state index in [-0.39, 0.29) is 12.3 Å². The number of hydrogen-bond donors (Lipinski definition) is 2. The molecule has 0 aliphatic rings. The monoisotopic (exact) mass is 352 g/mol. The maximum Gasteiger partial charge on any atom is 0.221 e. The largest absolute Gasteiger partial charge is 0.381 e. The quantitative estimate of drug-likeness (QED) is 0.860. The highest BCUT2D eigenvalue weighted by atomic mass is 79.9. The normalized spacial score (nSPS) is 10.3. The van der Waals surface area contributed by atoms with E-state index < -0.39 is 0 Å². The minimum atomic E-state index is -0.344. The van der Waals surface area contributed by atoms with E-state index in [4.69, 9.17) is 17.3 Å². The number of carbonyl (C=O) groups excluding carboxylic acids is 1. The van der Waals surface area contributed by atoms with Crippen LogP contribution in [0.4, 0.5) is 5.69 Å². The van der Waals surface area contributed by atoms with E-state index in [1.54, 1.807) is 0 Å². The maximum atomic E-state index is 11.1. The number of carbonyl (C=O) groups is 1. The summed E-state index contributed by atoms with van der Waals surface area (Å²) in [5.41, 5.74) is 8.09. The molecule has 0 heterocycles. The highest BCUT2D eigenvalue weighted by molar-refractivity contribution is 9.10. The number of amides is 1. The van der Waals surface area contributed by atoms with Crippen molar-refractivity contribution in [3.63, 3.8) is 0 Å². The van der Waals surface area contributed by atoms with Gasteiger partial charge in [0.25, 0.3) is 0 Å². The number of nitrogens with one attached hydrogen (secondary N) is 1. The predicted molar refractivity (Wildman–Crippen MR) is 85.8 cm³/mol. The summed E-state index contributed by atoms with van der Waals surface area (Å²) in [6, 6.07) is 13.3. The number of benzene rings is 2. The summed E-state index contributed by atoms with van der Waals surface area (Å²) in [4.78, 5) is 11.1. The molecule has 2 rings (SSSR count). The predicted octanol–water partition coefficient (Wildman–Crippen LogP) is 3.74. The van der Waals surface area contributed by atoms with Crippen LogP contribution in [0.3, 0.4) is 0 Å². The van der Waals surface area contributed by atoms with Gasteiger partial charge in [-0.15, -0.1) is 0 Å². The average Bonchev–Trinajstić information content (AvgIpc) is 2.41. The Labute approximate surface area is 131 Å². The van der Waals surface area contributed by atoms with E-state index in [2.05, 4.69) is 21.2 Å². The Balaban J connectivity index is 2.14. The highest BCUT2D eigenvalue weighted by Gasteiger charge is 2.06. The van der Waals surface area contributed by atoms with Crippen molar-refractivity contribution < 1.29 is 4.79 Å². The van der Waals surface area contributed by atoms with Gasteiger partial charge in [-0.25, -0.2) is 0 Å². The van der Waals surface area contributed by atoms with Crippen LogP contribution in [0, 0.1) is 0 Å². The summed E-state index contributed by atoms with van der Waals surface area (Å²) >= 11 is 9.48. The molecular formula is C15H14BrClN2O. The van der Waals surface area contributed by atoms with E-state index in [1.165, 1.54) is 0 Å². The molecule has 3 N–H and O–H groups in total. The fraction of sp³-hybridized carbons (Fsp3) is 0.133. The van der Waals surface area contributed by atoms with Crippen LogP contribution in [0.15, 0.2) is 46.9 Å². The molecular weight excluding hydrogens is 340 g/mol. The van der Waals surface area contributed by atoms with Crippen molar-refractivity contribution in [1.29, 1.82) is 0 Å². The van der Waals surface area contributed by atoms with Crippen LogP contribution in [0.2, 0.25) is 5.02 Å². The molecule has 5 heteroatoms. The van der Waals surface area contributed by atoms with Crippen molar-refractivity contribution in [1.82, 2.24) is 0 Å². The number of anilines is 1. The number of rotatable bonds is 5. The van der Waals surface area contributed by atoms with E-state index in [9.17, 15) is 4.79 Å². The topological polar surface area (TPSA) is 55.1 Å². The van der Waals surface area contributed by atoms with Crippen LogP contribution in [0.1, 0.15) is 11.1 Å². The second kappa shape index (κ2) is 6.77. The fourth-order valence-electron chi connectivity index (χ4n) is 1.90. The summed E-state index contributed by atoms with van der Waals surface area (Å²) in [6.07, 6.45) is 0.222. The van der Waals surface area contributed by atoms with Crippen LogP contribution < -0.4 is 11.1 Å². The van der Waals surface area contributed by atoms with Gasteiger partial charge >= 0.3 is 0 Å². The van der Waals surface area contributed by atoms with E-state index in [0.717, 1.165) is 21.3 Å². The second-order valence-electron chi connectivity index (χ2n) is 4.39. The molecule has 0 fully saturated rings. The third kappa shape index (κ3) is 3.99. The Morgan fingerprint density at radius 3 is 2.70 bits per heavy atom. The molecule has 2 aromatic rings. The third-order valence-corrected chi connectivity index (χ3v) is 3.87. The first-order valence-electron chi connectivity index (χ1n) is 6.10. The Bertz CT molecular complexity index is 631. The summed E-state index contributed by atoms with van der Waals surface area (Å²) in [5, 5.41) is 4.00. The number of hydrogen-bond acceptors (Lipinski definition) is 2. The molecule has 0 aliphatic carbocycles. The first-order valence-corrected chi connectivity index (χ1v) is 7.27. The summed E-state index contributed by atoms with van der Waals surface area (Å²) in [7, 11) is 0. The molecule has 2 aromatic carbocycles. The minimum Gasteiger partial charge on any atom is -0.381 e. The number of primary amides is 1. The summed E-state index contributed by atoms with van der Waals surface area (Å²) < 4.78 is 0.988. The lowest BCUT2D eigenvalue weighted by Crippen LogP contribution is -2.15. The molecule has 104 valence electrons. The minimum absolute atomic E-state index is 0.222. The molecule has 1 amide bonds. The van der Waals surface area contributed by atoms with Crippen LogP contribution in [-0.4, -0.2) is 5.91 Å². The Morgan fingerprint density at radius 2 is 1.95 bits per heavy atom. The van der Waals surface area contributed by atoms with Gasteiger partial charge in [-0.05, 0) is 35.4 Å². The summed E-state index contributed by atoms with van der Waals surface area (Å²) in [6.45, 7) is 0.608. The smallest absolute Gasteiger partial charge is 0.221 e. The molecule has 0 saturated heterocycles. The zero-order valence-electron chi connectivity index (χ0n) is 10.7. The van der Waals surface area contributed by atoms with Gasteiger partial charge < -0.3 is 11.1 Å². The molecule has 0 aromatic heterocycles. The lowest BCUT2D eigenvalue weighted by molar-refractivity contribution is -0.117. The van der Waals surface area contributed by atoms with E-state index in [0.29, 0.717) is 11.6 Å². The molecule has 0 spiro atoms. The molecule has 0 aliphatic heterocycles. The van der Waals surface area contributed by atoms with Crippen LogP contribution in [-0.2, 0) is 17.8 Å². The van der Waals surface area contributed by atoms with Crippen molar-refractivity contribution in [2.75, 3.05) is 5.32 Å². The molecule has 0 saturated carbocycles. The van der Waals surface area contributed by atoms with Crippen molar-refractivity contribution in [2.24, 2.45) is 5.73 Å². The molecule has 0 bridgehead atoms. The van der Waals surface area contributed by atoms with Crippen molar-refractivity contribution in [3.05, 3.63) is 63.1 Å². The third-order valence-electron chi connectivity index (χ3n) is 2.86. The highest BCUT2D eigenvalue weighted by Crippen LogP contribution is 2.23. The maximum absolute atomic E-state index is 11.1. The number of para-hydroxylation sites is 1. The van der Waals surface area contributed by atoms with Gasteiger partial charge in [0.1, 0.15) is 0 Å². The van der Waals surface area contributed by atoms with Gasteiger partial charge in [0.2, 0.25) is 5.91 Å². The average molecular weight is 354 g/mol. The molecule has 0 unspecified atom stereocenters. The lowest BCUT2D eigenvalue weighted by atomic mass is 10.1. The van der Waals surface area contributed by atoms with Crippen LogP contribution >= 0.6 is 27.5 Å². The Morgan fingerprint density at radius 1 is 1.20 bits per heavy atom. The van der Waals surface area contributed by atoms with Crippen LogP contribution in [0.25, 0.3) is 0 Å². The first-order chi connectivity index (χ1) is 9.56. The van der Waals surface area contributed by atoms with Crippen LogP contribution in [0.5, 0.6) is 0 Å². The molecule has 20 heavy (non-hydrogen) atoms. The molecule has 0 radical (unpaired) electrons. The zero-order chi connectivity index (χ0) is 14.5. The summed E-state index contributed by atoms with van der Waals surface area (Å²) in [5.74, 6) is -0.344. The Hall–Kier alpha value is -1.52.